The summed E-state index contributed by atoms with van der Waals surface area (Å²) in [5.41, 5.74) is 0.584. The molecule has 18 heavy (non-hydrogen) atoms. The van der Waals surface area contributed by atoms with Gasteiger partial charge in [0, 0.05) is 11.6 Å². The van der Waals surface area contributed by atoms with Gasteiger partial charge in [-0.15, -0.1) is 0 Å². The zero-order valence-electron chi connectivity index (χ0n) is 9.92. The Morgan fingerprint density at radius 1 is 1.11 bits per heavy atom. The standard InChI is InChI=1S/C15H12O3/c1-10-8-14(18-15(10)16)17-13-7-6-11-4-2-3-5-12(11)9-13/h2-9,14H,1H3. The highest BCUT2D eigenvalue weighted by molar-refractivity contribution is 5.90. The maximum absolute atomic E-state index is 11.2. The van der Waals surface area contributed by atoms with Gasteiger partial charge in [0.15, 0.2) is 0 Å². The highest BCUT2D eigenvalue weighted by Crippen LogP contribution is 2.23. The van der Waals surface area contributed by atoms with Crippen LogP contribution in [-0.2, 0) is 9.53 Å². The first-order valence-electron chi connectivity index (χ1n) is 5.77. The van der Waals surface area contributed by atoms with Crippen molar-refractivity contribution in [3.63, 3.8) is 0 Å². The van der Waals surface area contributed by atoms with E-state index in [-0.39, 0.29) is 5.97 Å². The molecule has 2 aromatic carbocycles. The minimum Gasteiger partial charge on any atom is -0.451 e. The molecule has 0 spiro atoms. The van der Waals surface area contributed by atoms with E-state index in [1.54, 1.807) is 13.0 Å². The fourth-order valence-corrected chi connectivity index (χ4v) is 1.94. The molecule has 3 rings (SSSR count). The zero-order chi connectivity index (χ0) is 12.5. The number of fused-ring (bicyclic) bond motifs is 1. The molecule has 3 heteroatoms. The van der Waals surface area contributed by atoms with Gasteiger partial charge in [0.25, 0.3) is 6.29 Å². The van der Waals surface area contributed by atoms with Crippen LogP contribution in [0.25, 0.3) is 10.8 Å². The number of hydrogen-bond acceptors (Lipinski definition) is 3. The Morgan fingerprint density at radius 3 is 2.61 bits per heavy atom. The molecule has 1 atom stereocenters. The normalized spacial score (nSPS) is 18.6. The maximum Gasteiger partial charge on any atom is 0.336 e. The van der Waals surface area contributed by atoms with Gasteiger partial charge in [0.2, 0.25) is 0 Å². The van der Waals surface area contributed by atoms with Gasteiger partial charge in [-0.2, -0.15) is 0 Å². The first kappa shape index (κ1) is 10.8. The Morgan fingerprint density at radius 2 is 1.89 bits per heavy atom. The van der Waals surface area contributed by atoms with Crippen LogP contribution in [0.4, 0.5) is 0 Å². The van der Waals surface area contributed by atoms with E-state index in [1.807, 2.05) is 42.5 Å². The lowest BCUT2D eigenvalue weighted by molar-refractivity contribution is -0.148. The van der Waals surface area contributed by atoms with Crippen LogP contribution in [0.2, 0.25) is 0 Å². The Kier molecular flexibility index (Phi) is 2.52. The molecule has 90 valence electrons. The first-order chi connectivity index (χ1) is 8.72. The molecule has 0 saturated carbocycles. The maximum atomic E-state index is 11.2. The van der Waals surface area contributed by atoms with Crippen LogP contribution in [-0.4, -0.2) is 12.3 Å². The molecule has 0 amide bonds. The summed E-state index contributed by atoms with van der Waals surface area (Å²) in [6.07, 6.45) is 1.07. The summed E-state index contributed by atoms with van der Waals surface area (Å²) in [6.45, 7) is 1.71. The third-order valence-corrected chi connectivity index (χ3v) is 2.90. The minimum absolute atomic E-state index is 0.319. The van der Waals surface area contributed by atoms with Crippen LogP contribution >= 0.6 is 0 Å². The molecule has 0 saturated heterocycles. The molecule has 0 fully saturated rings. The van der Waals surface area contributed by atoms with Crippen molar-refractivity contribution in [2.24, 2.45) is 0 Å². The van der Waals surface area contributed by atoms with Gasteiger partial charge in [0.05, 0.1) is 0 Å². The topological polar surface area (TPSA) is 35.5 Å². The number of carbonyl (C=O) groups excluding carboxylic acids is 1. The smallest absolute Gasteiger partial charge is 0.336 e. The summed E-state index contributed by atoms with van der Waals surface area (Å²) >= 11 is 0. The molecule has 0 radical (unpaired) electrons. The van der Waals surface area contributed by atoms with E-state index in [0.717, 1.165) is 10.8 Å². The molecule has 1 aliphatic rings. The van der Waals surface area contributed by atoms with Crippen LogP contribution in [0.1, 0.15) is 6.92 Å². The quantitative estimate of drug-likeness (QED) is 0.757. The van der Waals surface area contributed by atoms with E-state index in [2.05, 4.69) is 0 Å². The van der Waals surface area contributed by atoms with Crippen LogP contribution in [0.5, 0.6) is 5.75 Å². The summed E-state index contributed by atoms with van der Waals surface area (Å²) in [7, 11) is 0. The summed E-state index contributed by atoms with van der Waals surface area (Å²) < 4.78 is 10.6. The second-order valence-electron chi connectivity index (χ2n) is 4.25. The molecule has 3 nitrogen and oxygen atoms in total. The summed E-state index contributed by atoms with van der Waals surface area (Å²) in [6, 6.07) is 13.8. The van der Waals surface area contributed by atoms with E-state index < -0.39 is 6.29 Å². The Bertz CT molecular complexity index is 643. The molecule has 2 aromatic rings. The van der Waals surface area contributed by atoms with Crippen molar-refractivity contribution >= 4 is 16.7 Å². The summed E-state index contributed by atoms with van der Waals surface area (Å²) in [4.78, 5) is 11.2. The lowest BCUT2D eigenvalue weighted by Gasteiger charge is -2.11. The Hall–Kier alpha value is -2.29. The number of hydrogen-bond donors (Lipinski definition) is 0. The van der Waals surface area contributed by atoms with Crippen molar-refractivity contribution in [1.29, 1.82) is 0 Å². The fourth-order valence-electron chi connectivity index (χ4n) is 1.94. The lowest BCUT2D eigenvalue weighted by Crippen LogP contribution is -2.15. The van der Waals surface area contributed by atoms with Gasteiger partial charge in [-0.25, -0.2) is 4.79 Å². The van der Waals surface area contributed by atoms with E-state index in [0.29, 0.717) is 11.3 Å². The zero-order valence-corrected chi connectivity index (χ0v) is 9.92. The van der Waals surface area contributed by atoms with Crippen LogP contribution in [0, 0.1) is 0 Å². The lowest BCUT2D eigenvalue weighted by atomic mass is 10.1. The van der Waals surface area contributed by atoms with Crippen LogP contribution < -0.4 is 4.74 Å². The van der Waals surface area contributed by atoms with Crippen LogP contribution in [0.3, 0.4) is 0 Å². The van der Waals surface area contributed by atoms with Gasteiger partial charge in [-0.05, 0) is 29.8 Å². The predicted octanol–water partition coefficient (Wildman–Crippen LogP) is 3.05. The van der Waals surface area contributed by atoms with E-state index in [4.69, 9.17) is 9.47 Å². The van der Waals surface area contributed by atoms with Crippen molar-refractivity contribution in [2.45, 2.75) is 13.2 Å². The van der Waals surface area contributed by atoms with Gasteiger partial charge in [0.1, 0.15) is 5.75 Å². The third-order valence-electron chi connectivity index (χ3n) is 2.90. The molecule has 0 N–H and O–H groups in total. The van der Waals surface area contributed by atoms with Crippen molar-refractivity contribution in [2.75, 3.05) is 0 Å². The average Bonchev–Trinajstić information content (AvgIpc) is 2.68. The largest absolute Gasteiger partial charge is 0.451 e. The van der Waals surface area contributed by atoms with Gasteiger partial charge in [-0.3, -0.25) is 0 Å². The minimum atomic E-state index is -0.612. The van der Waals surface area contributed by atoms with E-state index >= 15 is 0 Å². The summed E-state index contributed by atoms with van der Waals surface area (Å²) in [5.74, 6) is 0.373. The van der Waals surface area contributed by atoms with Gasteiger partial charge >= 0.3 is 5.97 Å². The Labute approximate surface area is 105 Å². The van der Waals surface area contributed by atoms with Gasteiger partial charge < -0.3 is 9.47 Å². The number of carbonyl (C=O) groups is 1. The highest BCUT2D eigenvalue weighted by atomic mass is 16.7. The number of ether oxygens (including phenoxy) is 2. The molecular weight excluding hydrogens is 228 g/mol. The predicted molar refractivity (Wildman–Crippen MR) is 68.2 cm³/mol. The first-order valence-corrected chi connectivity index (χ1v) is 5.77. The molecule has 0 bridgehead atoms. The fraction of sp³-hybridized carbons (Fsp3) is 0.133. The number of esters is 1. The van der Waals surface area contributed by atoms with Crippen molar-refractivity contribution in [3.05, 3.63) is 54.1 Å². The second-order valence-corrected chi connectivity index (χ2v) is 4.25. The highest BCUT2D eigenvalue weighted by Gasteiger charge is 2.23. The average molecular weight is 240 g/mol. The second kappa shape index (κ2) is 4.18. The Balaban J connectivity index is 1.85. The third kappa shape index (κ3) is 1.95. The SMILES string of the molecule is CC1=CC(Oc2ccc3ccccc3c2)OC1=O. The molecular formula is C15H12O3. The molecule has 0 aliphatic carbocycles. The van der Waals surface area contributed by atoms with Crippen molar-refractivity contribution in [3.8, 4) is 5.75 Å². The van der Waals surface area contributed by atoms with E-state index in [9.17, 15) is 4.79 Å². The number of rotatable bonds is 2. The monoisotopic (exact) mass is 240 g/mol. The molecule has 1 heterocycles. The van der Waals surface area contributed by atoms with Gasteiger partial charge in [-0.1, -0.05) is 30.3 Å². The van der Waals surface area contributed by atoms with Crippen LogP contribution in [0.15, 0.2) is 54.1 Å². The van der Waals surface area contributed by atoms with E-state index in [1.165, 1.54) is 0 Å². The summed E-state index contributed by atoms with van der Waals surface area (Å²) in [5, 5.41) is 2.25. The molecule has 0 aromatic heterocycles. The molecule has 1 aliphatic heterocycles. The number of cyclic esters (lactones) is 1. The number of benzene rings is 2. The molecule has 1 unspecified atom stereocenters. The van der Waals surface area contributed by atoms with Crippen molar-refractivity contribution in [1.82, 2.24) is 0 Å². The van der Waals surface area contributed by atoms with Crippen molar-refractivity contribution < 1.29 is 14.3 Å².